The number of esters is 1. The number of hydrogen-bond acceptors (Lipinski definition) is 6. The van der Waals surface area contributed by atoms with Crippen molar-refractivity contribution in [2.75, 3.05) is 20.3 Å². The molecule has 1 rings (SSSR count). The molecule has 0 fully saturated rings. The van der Waals surface area contributed by atoms with Crippen molar-refractivity contribution in [1.82, 2.24) is 0 Å². The fourth-order valence-corrected chi connectivity index (χ4v) is 2.25. The second-order valence-electron chi connectivity index (χ2n) is 4.47. The van der Waals surface area contributed by atoms with Gasteiger partial charge in [-0.3, -0.25) is 0 Å². The molecule has 0 aliphatic rings. The molecule has 1 aromatic carbocycles. The van der Waals surface area contributed by atoms with Crippen LogP contribution in [-0.2, 0) is 19.5 Å². The van der Waals surface area contributed by atoms with Crippen molar-refractivity contribution in [2.45, 2.75) is 24.8 Å². The van der Waals surface area contributed by atoms with E-state index in [1.54, 1.807) is 0 Å². The van der Waals surface area contributed by atoms with Gasteiger partial charge in [0.15, 0.2) is 0 Å². The number of sulfonamides is 1. The monoisotopic (exact) mass is 317 g/mol. The molecular weight excluding hydrogens is 298 g/mol. The number of carbonyl (C=O) groups is 1. The van der Waals surface area contributed by atoms with Gasteiger partial charge in [0.05, 0.1) is 25.4 Å². The molecule has 0 saturated heterocycles. The van der Waals surface area contributed by atoms with Gasteiger partial charge in [-0.2, -0.15) is 0 Å². The predicted molar refractivity (Wildman–Crippen MR) is 75.7 cm³/mol. The summed E-state index contributed by atoms with van der Waals surface area (Å²) in [6.07, 6.45) is 0.0404. The Bertz CT molecular complexity index is 597. The maximum absolute atomic E-state index is 11.8. The number of hydrogen-bond donors (Lipinski definition) is 1. The number of ether oxygens (including phenoxy) is 3. The van der Waals surface area contributed by atoms with Crippen LogP contribution in [0.1, 0.15) is 24.2 Å². The second-order valence-corrected chi connectivity index (χ2v) is 6.00. The molecule has 0 atom stereocenters. The van der Waals surface area contributed by atoms with E-state index in [-0.39, 0.29) is 35.5 Å². The highest BCUT2D eigenvalue weighted by Crippen LogP contribution is 2.24. The number of primary sulfonamides is 1. The van der Waals surface area contributed by atoms with Crippen LogP contribution in [0.25, 0.3) is 0 Å². The molecule has 0 unspecified atom stereocenters. The summed E-state index contributed by atoms with van der Waals surface area (Å²) in [4.78, 5) is 11.5. The van der Waals surface area contributed by atoms with Crippen molar-refractivity contribution in [3.8, 4) is 5.75 Å². The third kappa shape index (κ3) is 5.33. The van der Waals surface area contributed by atoms with E-state index in [0.29, 0.717) is 0 Å². The molecule has 0 aromatic heterocycles. The van der Waals surface area contributed by atoms with E-state index >= 15 is 0 Å². The SMILES string of the molecule is COc1ccc(C(=O)OCCOC(C)C)cc1S(N)(=O)=O. The predicted octanol–water partition coefficient (Wildman–Crippen LogP) is 0.924. The second kappa shape index (κ2) is 7.39. The summed E-state index contributed by atoms with van der Waals surface area (Å²) < 4.78 is 38.0. The lowest BCUT2D eigenvalue weighted by molar-refractivity contribution is 0.0176. The Labute approximate surface area is 124 Å². The first-order valence-corrected chi connectivity index (χ1v) is 7.80. The molecule has 0 heterocycles. The van der Waals surface area contributed by atoms with E-state index in [1.165, 1.54) is 19.2 Å². The summed E-state index contributed by atoms with van der Waals surface area (Å²) in [5, 5.41) is 5.08. The topological polar surface area (TPSA) is 105 Å². The van der Waals surface area contributed by atoms with Crippen molar-refractivity contribution < 1.29 is 27.4 Å². The molecular formula is C13H19NO6S. The van der Waals surface area contributed by atoms with E-state index in [0.717, 1.165) is 6.07 Å². The molecule has 118 valence electrons. The van der Waals surface area contributed by atoms with Gasteiger partial charge in [0.2, 0.25) is 10.0 Å². The fraction of sp³-hybridized carbons (Fsp3) is 0.462. The van der Waals surface area contributed by atoms with Crippen molar-refractivity contribution in [1.29, 1.82) is 0 Å². The third-order valence-electron chi connectivity index (χ3n) is 2.47. The highest BCUT2D eigenvalue weighted by Gasteiger charge is 2.18. The lowest BCUT2D eigenvalue weighted by Crippen LogP contribution is -2.16. The first-order valence-electron chi connectivity index (χ1n) is 6.25. The first kappa shape index (κ1) is 17.4. The molecule has 2 N–H and O–H groups in total. The highest BCUT2D eigenvalue weighted by molar-refractivity contribution is 7.89. The summed E-state index contributed by atoms with van der Waals surface area (Å²) in [5.74, 6) is -0.591. The van der Waals surface area contributed by atoms with Crippen LogP contribution in [0, 0.1) is 0 Å². The zero-order chi connectivity index (χ0) is 16.0. The summed E-state index contributed by atoms with van der Waals surface area (Å²) in [5.41, 5.74) is 0.0735. The van der Waals surface area contributed by atoms with Gasteiger partial charge in [0, 0.05) is 0 Å². The largest absolute Gasteiger partial charge is 0.495 e. The minimum atomic E-state index is -4.00. The molecule has 1 aromatic rings. The normalized spacial score (nSPS) is 11.5. The summed E-state index contributed by atoms with van der Waals surface area (Å²) >= 11 is 0. The summed E-state index contributed by atoms with van der Waals surface area (Å²) in [7, 11) is -2.68. The van der Waals surface area contributed by atoms with Crippen LogP contribution in [0.3, 0.4) is 0 Å². The Morgan fingerprint density at radius 1 is 1.29 bits per heavy atom. The Balaban J connectivity index is 2.82. The molecule has 0 bridgehead atoms. The van der Waals surface area contributed by atoms with Gasteiger partial charge in [-0.15, -0.1) is 0 Å². The number of methoxy groups -OCH3 is 1. The fourth-order valence-electron chi connectivity index (χ4n) is 1.53. The molecule has 8 heteroatoms. The lowest BCUT2D eigenvalue weighted by atomic mass is 10.2. The van der Waals surface area contributed by atoms with Gasteiger partial charge in [-0.1, -0.05) is 0 Å². The quantitative estimate of drug-likeness (QED) is 0.592. The number of benzene rings is 1. The minimum Gasteiger partial charge on any atom is -0.495 e. The Hall–Kier alpha value is -1.64. The van der Waals surface area contributed by atoms with Gasteiger partial charge in [0.1, 0.15) is 17.3 Å². The highest BCUT2D eigenvalue weighted by atomic mass is 32.2. The Morgan fingerprint density at radius 3 is 2.48 bits per heavy atom. The number of rotatable bonds is 7. The molecule has 0 saturated carbocycles. The standard InChI is InChI=1S/C13H19NO6S/c1-9(2)19-6-7-20-13(15)10-4-5-11(18-3)12(8-10)21(14,16)17/h4-5,8-9H,6-7H2,1-3H3,(H2,14,16,17). The van der Waals surface area contributed by atoms with E-state index in [2.05, 4.69) is 0 Å². The number of carbonyl (C=O) groups excluding carboxylic acids is 1. The Kier molecular flexibility index (Phi) is 6.13. The van der Waals surface area contributed by atoms with Crippen molar-refractivity contribution in [3.63, 3.8) is 0 Å². The zero-order valence-corrected chi connectivity index (χ0v) is 13.0. The van der Waals surface area contributed by atoms with Crippen LogP contribution < -0.4 is 9.88 Å². The van der Waals surface area contributed by atoms with E-state index in [9.17, 15) is 13.2 Å². The van der Waals surface area contributed by atoms with Gasteiger partial charge in [-0.25, -0.2) is 18.4 Å². The average Bonchev–Trinajstić information content (AvgIpc) is 2.41. The van der Waals surface area contributed by atoms with Gasteiger partial charge < -0.3 is 14.2 Å². The minimum absolute atomic E-state index is 0.0404. The first-order chi connectivity index (χ1) is 9.75. The van der Waals surface area contributed by atoms with Gasteiger partial charge >= 0.3 is 5.97 Å². The van der Waals surface area contributed by atoms with Crippen molar-refractivity contribution in [2.24, 2.45) is 5.14 Å². The van der Waals surface area contributed by atoms with Crippen molar-refractivity contribution >= 4 is 16.0 Å². The smallest absolute Gasteiger partial charge is 0.338 e. The van der Waals surface area contributed by atoms with E-state index in [1.807, 2.05) is 13.8 Å². The molecule has 0 amide bonds. The van der Waals surface area contributed by atoms with E-state index in [4.69, 9.17) is 19.3 Å². The third-order valence-corrected chi connectivity index (χ3v) is 3.41. The number of nitrogens with two attached hydrogens (primary N) is 1. The van der Waals surface area contributed by atoms with Crippen LogP contribution in [-0.4, -0.2) is 40.8 Å². The molecule has 0 aliphatic carbocycles. The zero-order valence-electron chi connectivity index (χ0n) is 12.2. The molecule has 0 radical (unpaired) electrons. The summed E-state index contributed by atoms with van der Waals surface area (Å²) in [6, 6.07) is 3.87. The molecule has 0 aliphatic heterocycles. The van der Waals surface area contributed by atoms with Crippen LogP contribution >= 0.6 is 0 Å². The summed E-state index contributed by atoms with van der Waals surface area (Å²) in [6.45, 7) is 4.07. The van der Waals surface area contributed by atoms with Crippen LogP contribution in [0.15, 0.2) is 23.1 Å². The maximum atomic E-state index is 11.8. The van der Waals surface area contributed by atoms with Crippen molar-refractivity contribution in [3.05, 3.63) is 23.8 Å². The molecule has 7 nitrogen and oxygen atoms in total. The van der Waals surface area contributed by atoms with Crippen LogP contribution in [0.4, 0.5) is 0 Å². The van der Waals surface area contributed by atoms with Crippen LogP contribution in [0.5, 0.6) is 5.75 Å². The van der Waals surface area contributed by atoms with E-state index < -0.39 is 16.0 Å². The van der Waals surface area contributed by atoms with Gasteiger partial charge in [0.25, 0.3) is 0 Å². The molecule has 0 spiro atoms. The lowest BCUT2D eigenvalue weighted by Gasteiger charge is -2.10. The van der Waals surface area contributed by atoms with Crippen LogP contribution in [0.2, 0.25) is 0 Å². The molecule has 21 heavy (non-hydrogen) atoms. The van der Waals surface area contributed by atoms with Gasteiger partial charge in [-0.05, 0) is 32.0 Å². The maximum Gasteiger partial charge on any atom is 0.338 e. The Morgan fingerprint density at radius 2 is 1.95 bits per heavy atom. The average molecular weight is 317 g/mol.